The number of allylic oxidation sites excluding steroid dienone is 2. The Hall–Kier alpha value is -1.49. The molecule has 0 unspecified atom stereocenters. The Morgan fingerprint density at radius 1 is 1.57 bits per heavy atom. The molecule has 0 spiro atoms. The topological polar surface area (TPSA) is 59.0 Å². The van der Waals surface area contributed by atoms with Gasteiger partial charge in [-0.1, -0.05) is 0 Å². The van der Waals surface area contributed by atoms with E-state index in [1.165, 1.54) is 19.1 Å². The molecule has 0 aliphatic carbocycles. The van der Waals surface area contributed by atoms with E-state index in [4.69, 9.17) is 9.84 Å². The van der Waals surface area contributed by atoms with Gasteiger partial charge < -0.3 is 19.5 Å². The van der Waals surface area contributed by atoms with Crippen molar-refractivity contribution in [2.75, 3.05) is 27.5 Å². The third-order valence-electron chi connectivity index (χ3n) is 1.93. The summed E-state index contributed by atoms with van der Waals surface area (Å²) in [6.07, 6.45) is 3.24. The van der Waals surface area contributed by atoms with E-state index in [1.54, 1.807) is 12.2 Å². The molecule has 1 N–H and O–H groups in total. The van der Waals surface area contributed by atoms with Gasteiger partial charge in [-0.2, -0.15) is 0 Å². The normalized spacial score (nSPS) is 15.8. The maximum Gasteiger partial charge on any atom is 0.335 e. The second kappa shape index (κ2) is 4.66. The summed E-state index contributed by atoms with van der Waals surface area (Å²) in [5.41, 5.74) is 0.488. The average Bonchev–Trinajstić information content (AvgIpc) is 2.26. The number of aliphatic hydroxyl groups excluding tert-OH is 1. The van der Waals surface area contributed by atoms with Gasteiger partial charge in [0.05, 0.1) is 26.3 Å². The lowest BCUT2D eigenvalue weighted by Crippen LogP contribution is -2.31. The molecule has 0 saturated heterocycles. The van der Waals surface area contributed by atoms with Crippen LogP contribution in [0, 0.1) is 0 Å². The number of aliphatic hydroxyl groups is 1. The van der Waals surface area contributed by atoms with E-state index in [1.807, 2.05) is 0 Å². The molecule has 1 aliphatic heterocycles. The minimum Gasteiger partial charge on any atom is -0.482 e. The highest BCUT2D eigenvalue weighted by atomic mass is 16.5. The summed E-state index contributed by atoms with van der Waals surface area (Å²) >= 11 is 0. The lowest BCUT2D eigenvalue weighted by Gasteiger charge is -2.26. The van der Waals surface area contributed by atoms with Gasteiger partial charge in [-0.05, 0) is 12.2 Å². The van der Waals surface area contributed by atoms with E-state index < -0.39 is 5.97 Å². The Morgan fingerprint density at radius 2 is 2.29 bits per heavy atom. The molecule has 0 aromatic rings. The highest BCUT2D eigenvalue weighted by molar-refractivity contribution is 5.89. The molecule has 78 valence electrons. The summed E-state index contributed by atoms with van der Waals surface area (Å²) in [6.45, 7) is 0.0941. The van der Waals surface area contributed by atoms with Crippen molar-refractivity contribution in [3.8, 4) is 0 Å². The molecule has 14 heavy (non-hydrogen) atoms. The largest absolute Gasteiger partial charge is 0.482 e. The second-order valence-electron chi connectivity index (χ2n) is 2.73. The van der Waals surface area contributed by atoms with Gasteiger partial charge in [0, 0.05) is 0 Å². The number of hydrogen-bond donors (Lipinski definition) is 1. The number of nitrogens with zero attached hydrogens (tertiary/aromatic N) is 1. The lowest BCUT2D eigenvalue weighted by molar-refractivity contribution is -0.136. The fourth-order valence-electron chi connectivity index (χ4n) is 1.19. The molecular formula is C9H13NO4. The molecule has 0 bridgehead atoms. The zero-order chi connectivity index (χ0) is 10.6. The maximum absolute atomic E-state index is 11.2. The molecule has 0 aromatic heterocycles. The van der Waals surface area contributed by atoms with Crippen molar-refractivity contribution in [1.29, 1.82) is 0 Å². The summed E-state index contributed by atoms with van der Waals surface area (Å²) in [7, 11) is 2.83. The zero-order valence-electron chi connectivity index (χ0n) is 8.19. The van der Waals surface area contributed by atoms with Gasteiger partial charge in [0.2, 0.25) is 0 Å². The van der Waals surface area contributed by atoms with Crippen molar-refractivity contribution in [1.82, 2.24) is 4.90 Å². The zero-order valence-corrected chi connectivity index (χ0v) is 8.19. The number of ether oxygens (including phenoxy) is 2. The van der Waals surface area contributed by atoms with Crippen LogP contribution in [-0.2, 0) is 14.3 Å². The SMILES string of the molecule is COC(=O)C1=CC=C(OC)N(CO)C1. The fourth-order valence-corrected chi connectivity index (χ4v) is 1.19. The molecule has 0 radical (unpaired) electrons. The molecule has 0 amide bonds. The van der Waals surface area contributed by atoms with Crippen molar-refractivity contribution in [2.45, 2.75) is 0 Å². The van der Waals surface area contributed by atoms with Gasteiger partial charge >= 0.3 is 5.97 Å². The fraction of sp³-hybridized carbons (Fsp3) is 0.444. The van der Waals surface area contributed by atoms with Gasteiger partial charge in [0.15, 0.2) is 5.88 Å². The molecule has 0 saturated carbocycles. The van der Waals surface area contributed by atoms with Gasteiger partial charge in [-0.25, -0.2) is 4.79 Å². The van der Waals surface area contributed by atoms with Crippen LogP contribution in [0.4, 0.5) is 0 Å². The van der Waals surface area contributed by atoms with Crippen LogP contribution in [0.2, 0.25) is 0 Å². The van der Waals surface area contributed by atoms with E-state index in [2.05, 4.69) is 4.74 Å². The van der Waals surface area contributed by atoms with Crippen molar-refractivity contribution in [3.05, 3.63) is 23.6 Å². The summed E-state index contributed by atoms with van der Waals surface area (Å²) in [4.78, 5) is 12.7. The quantitative estimate of drug-likeness (QED) is 0.640. The third kappa shape index (κ3) is 2.05. The predicted molar refractivity (Wildman–Crippen MR) is 49.0 cm³/mol. The van der Waals surface area contributed by atoms with Crippen molar-refractivity contribution in [3.63, 3.8) is 0 Å². The summed E-state index contributed by atoms with van der Waals surface area (Å²) < 4.78 is 9.55. The highest BCUT2D eigenvalue weighted by Gasteiger charge is 2.19. The van der Waals surface area contributed by atoms with Crippen LogP contribution in [0.15, 0.2) is 23.6 Å². The third-order valence-corrected chi connectivity index (χ3v) is 1.93. The number of methoxy groups -OCH3 is 2. The number of hydrogen-bond acceptors (Lipinski definition) is 5. The molecule has 0 aromatic carbocycles. The van der Waals surface area contributed by atoms with Gasteiger partial charge in [0.25, 0.3) is 0 Å². The van der Waals surface area contributed by atoms with Crippen LogP contribution in [0.3, 0.4) is 0 Å². The van der Waals surface area contributed by atoms with Crippen LogP contribution in [0.5, 0.6) is 0 Å². The van der Waals surface area contributed by atoms with Gasteiger partial charge in [-0.15, -0.1) is 0 Å². The first kappa shape index (κ1) is 10.6. The molecule has 0 atom stereocenters. The maximum atomic E-state index is 11.2. The molecule has 1 heterocycles. The van der Waals surface area contributed by atoms with Crippen LogP contribution < -0.4 is 0 Å². The Morgan fingerprint density at radius 3 is 2.79 bits per heavy atom. The molecule has 5 heteroatoms. The highest BCUT2D eigenvalue weighted by Crippen LogP contribution is 2.15. The van der Waals surface area contributed by atoms with Crippen LogP contribution >= 0.6 is 0 Å². The minimum absolute atomic E-state index is 0.200. The summed E-state index contributed by atoms with van der Waals surface area (Å²) in [5, 5.41) is 8.99. The Bertz CT molecular complexity index is 283. The molecule has 1 rings (SSSR count). The molecule has 1 aliphatic rings. The van der Waals surface area contributed by atoms with E-state index in [0.29, 0.717) is 18.0 Å². The number of carbonyl (C=O) groups is 1. The summed E-state index contributed by atoms with van der Waals surface area (Å²) in [5.74, 6) is 0.134. The van der Waals surface area contributed by atoms with E-state index >= 15 is 0 Å². The van der Waals surface area contributed by atoms with Crippen molar-refractivity contribution >= 4 is 5.97 Å². The van der Waals surface area contributed by atoms with E-state index in [-0.39, 0.29) is 6.73 Å². The Balaban J connectivity index is 2.80. The first-order valence-corrected chi connectivity index (χ1v) is 4.12. The van der Waals surface area contributed by atoms with Crippen LogP contribution in [0.25, 0.3) is 0 Å². The summed E-state index contributed by atoms with van der Waals surface area (Å²) in [6, 6.07) is 0. The molecule has 5 nitrogen and oxygen atoms in total. The van der Waals surface area contributed by atoms with Crippen LogP contribution in [-0.4, -0.2) is 43.5 Å². The van der Waals surface area contributed by atoms with E-state index in [9.17, 15) is 4.79 Å². The minimum atomic E-state index is -0.394. The number of esters is 1. The van der Waals surface area contributed by atoms with Gasteiger partial charge in [0.1, 0.15) is 6.73 Å². The average molecular weight is 199 g/mol. The number of carbonyl (C=O) groups excluding carboxylic acids is 1. The van der Waals surface area contributed by atoms with Crippen molar-refractivity contribution in [2.24, 2.45) is 0 Å². The number of rotatable bonds is 3. The van der Waals surface area contributed by atoms with Crippen LogP contribution in [0.1, 0.15) is 0 Å². The monoisotopic (exact) mass is 199 g/mol. The Labute approximate surface area is 82.2 Å². The van der Waals surface area contributed by atoms with Gasteiger partial charge in [-0.3, -0.25) is 0 Å². The van der Waals surface area contributed by atoms with Crippen molar-refractivity contribution < 1.29 is 19.4 Å². The smallest absolute Gasteiger partial charge is 0.335 e. The van der Waals surface area contributed by atoms with E-state index in [0.717, 1.165) is 0 Å². The standard InChI is InChI=1S/C9H13NO4/c1-13-8-4-3-7(9(12)14-2)5-10(8)6-11/h3-4,11H,5-6H2,1-2H3. The molecule has 0 fully saturated rings. The Kier molecular flexibility index (Phi) is 3.53. The second-order valence-corrected chi connectivity index (χ2v) is 2.73. The first-order chi connectivity index (χ1) is 6.72. The molecular weight excluding hydrogens is 186 g/mol. The lowest BCUT2D eigenvalue weighted by atomic mass is 10.2. The first-order valence-electron chi connectivity index (χ1n) is 4.12. The predicted octanol–water partition coefficient (Wildman–Crippen LogP) is -0.161.